The molecule has 0 aliphatic carbocycles. The Morgan fingerprint density at radius 3 is 2.49 bits per heavy atom. The molecule has 2 aromatic heterocycles. The fraction of sp³-hybridized carbons (Fsp3) is 0.393. The second kappa shape index (κ2) is 8.49. The number of nitrogens with one attached hydrogen (secondary N) is 1. The van der Waals surface area contributed by atoms with Gasteiger partial charge in [-0.3, -0.25) is 4.98 Å². The number of rotatable bonds is 4. The molecular formula is C28H30FN7O. The fourth-order valence-corrected chi connectivity index (χ4v) is 6.01. The van der Waals surface area contributed by atoms with Crippen LogP contribution < -0.4 is 15.1 Å². The van der Waals surface area contributed by atoms with Gasteiger partial charge in [-0.15, -0.1) is 0 Å². The normalized spacial score (nSPS) is 21.8. The van der Waals surface area contributed by atoms with Crippen molar-refractivity contribution in [3.63, 3.8) is 0 Å². The van der Waals surface area contributed by atoms with Gasteiger partial charge in [0.05, 0.1) is 5.39 Å². The first-order valence-electron chi connectivity index (χ1n) is 13.0. The van der Waals surface area contributed by atoms with Gasteiger partial charge in [0.1, 0.15) is 22.8 Å². The van der Waals surface area contributed by atoms with Crippen molar-refractivity contribution in [2.75, 3.05) is 50.1 Å². The molecule has 0 radical (unpaired) electrons. The van der Waals surface area contributed by atoms with Gasteiger partial charge < -0.3 is 25.1 Å². The minimum atomic E-state index is -0.485. The van der Waals surface area contributed by atoms with Crippen molar-refractivity contribution in [2.45, 2.75) is 31.0 Å². The van der Waals surface area contributed by atoms with Crippen molar-refractivity contribution in [3.8, 4) is 17.0 Å². The fourth-order valence-electron chi connectivity index (χ4n) is 6.01. The Bertz CT molecular complexity index is 1510. The van der Waals surface area contributed by atoms with Gasteiger partial charge in [-0.1, -0.05) is 24.3 Å². The molecule has 0 spiro atoms. The van der Waals surface area contributed by atoms with Crippen LogP contribution in [0, 0.1) is 5.82 Å². The second-order valence-electron chi connectivity index (χ2n) is 10.8. The molecule has 8 nitrogen and oxygen atoms in total. The van der Waals surface area contributed by atoms with Gasteiger partial charge in [-0.25, -0.2) is 9.37 Å². The maximum Gasteiger partial charge on any atom is 0.228 e. The summed E-state index contributed by atoms with van der Waals surface area (Å²) in [5, 5.41) is 16.3. The van der Waals surface area contributed by atoms with Crippen LogP contribution >= 0.6 is 0 Å². The van der Waals surface area contributed by atoms with E-state index in [0.29, 0.717) is 35.0 Å². The third-order valence-corrected chi connectivity index (χ3v) is 8.15. The molecule has 2 bridgehead atoms. The lowest BCUT2D eigenvalue weighted by Crippen LogP contribution is -2.58. The molecule has 5 heterocycles. The van der Waals surface area contributed by atoms with Gasteiger partial charge in [0.15, 0.2) is 5.82 Å². The summed E-state index contributed by atoms with van der Waals surface area (Å²) in [7, 11) is 4.14. The van der Waals surface area contributed by atoms with E-state index in [4.69, 9.17) is 9.97 Å². The molecule has 0 saturated carbocycles. The average Bonchev–Trinajstić information content (AvgIpc) is 3.19. The van der Waals surface area contributed by atoms with Crippen molar-refractivity contribution >= 4 is 33.4 Å². The van der Waals surface area contributed by atoms with E-state index in [-0.39, 0.29) is 17.0 Å². The highest BCUT2D eigenvalue weighted by Crippen LogP contribution is 2.38. The highest BCUT2D eigenvalue weighted by molar-refractivity contribution is 6.00. The van der Waals surface area contributed by atoms with E-state index >= 15 is 4.39 Å². The molecule has 9 heteroatoms. The number of likely N-dealkylation sites (N-methyl/N-ethyl adjacent to an activating group) is 1. The Balaban J connectivity index is 1.39. The maximum atomic E-state index is 16.4. The third-order valence-electron chi connectivity index (χ3n) is 8.15. The predicted molar refractivity (Wildman–Crippen MR) is 144 cm³/mol. The number of halogens is 1. The molecule has 4 aromatic rings. The zero-order valence-corrected chi connectivity index (χ0v) is 21.0. The summed E-state index contributed by atoms with van der Waals surface area (Å²) in [6, 6.07) is 12.2. The van der Waals surface area contributed by atoms with Crippen molar-refractivity contribution < 1.29 is 9.50 Å². The van der Waals surface area contributed by atoms with E-state index in [9.17, 15) is 5.11 Å². The number of hydrogen-bond donors (Lipinski definition) is 2. The van der Waals surface area contributed by atoms with Crippen molar-refractivity contribution in [1.29, 1.82) is 0 Å². The lowest BCUT2D eigenvalue weighted by molar-refractivity contribution is 0.245. The van der Waals surface area contributed by atoms with Crippen LogP contribution in [0.25, 0.3) is 32.9 Å². The van der Waals surface area contributed by atoms with E-state index in [1.54, 1.807) is 18.3 Å². The number of benzene rings is 2. The number of phenolic OH excluding ortho intramolecular Hbond substituents is 1. The Kier molecular flexibility index (Phi) is 5.19. The third kappa shape index (κ3) is 3.76. The smallest absolute Gasteiger partial charge is 0.228 e. The van der Waals surface area contributed by atoms with E-state index in [1.165, 1.54) is 0 Å². The van der Waals surface area contributed by atoms with E-state index in [2.05, 4.69) is 39.1 Å². The Morgan fingerprint density at radius 1 is 0.973 bits per heavy atom. The Morgan fingerprint density at radius 2 is 1.73 bits per heavy atom. The molecule has 37 heavy (non-hydrogen) atoms. The number of anilines is 2. The predicted octanol–water partition coefficient (Wildman–Crippen LogP) is 3.38. The summed E-state index contributed by atoms with van der Waals surface area (Å²) >= 11 is 0. The molecule has 3 aliphatic heterocycles. The Labute approximate surface area is 214 Å². The quantitative estimate of drug-likeness (QED) is 0.443. The SMILES string of the molecule is CN(C)C1CN(c2nc(N3CC4CCC(C3)N4)c3cnc(-c4cc(O)cc5ccccc45)c(F)c3n2)C1. The molecule has 2 atom stereocenters. The number of piperazine rings is 1. The van der Waals surface area contributed by atoms with Crippen molar-refractivity contribution in [1.82, 2.24) is 25.2 Å². The summed E-state index contributed by atoms with van der Waals surface area (Å²) in [6.45, 7) is 3.29. The molecule has 7 rings (SSSR count). The van der Waals surface area contributed by atoms with Gasteiger partial charge in [0, 0.05) is 56.1 Å². The number of phenols is 1. The zero-order chi connectivity index (χ0) is 25.3. The number of aromatic hydroxyl groups is 1. The number of aromatic nitrogens is 3. The molecule has 2 N–H and O–H groups in total. The first kappa shape index (κ1) is 22.6. The largest absolute Gasteiger partial charge is 0.508 e. The van der Waals surface area contributed by atoms with Gasteiger partial charge in [-0.05, 0) is 49.8 Å². The van der Waals surface area contributed by atoms with Gasteiger partial charge in [0.25, 0.3) is 0 Å². The lowest BCUT2D eigenvalue weighted by atomic mass is 10.00. The van der Waals surface area contributed by atoms with Crippen LogP contribution in [0.5, 0.6) is 5.75 Å². The molecule has 3 fully saturated rings. The molecule has 3 aliphatic rings. The van der Waals surface area contributed by atoms with Crippen LogP contribution in [0.4, 0.5) is 16.2 Å². The molecule has 190 valence electrons. The standard InChI is InChI=1S/C28H30FN7O/c1-34(2)19-14-36(15-19)28-32-26-23(27(33-28)35-12-17-7-8-18(13-35)31-17)11-30-25(24(26)29)22-10-20(37)9-16-5-3-4-6-21(16)22/h3-6,9-11,17-19,31,37H,7-8,12-15H2,1-2H3. The summed E-state index contributed by atoms with van der Waals surface area (Å²) in [4.78, 5) is 20.9. The number of hydrogen-bond acceptors (Lipinski definition) is 8. The van der Waals surface area contributed by atoms with Crippen LogP contribution in [0.2, 0.25) is 0 Å². The zero-order valence-electron chi connectivity index (χ0n) is 21.0. The molecule has 2 unspecified atom stereocenters. The van der Waals surface area contributed by atoms with Crippen LogP contribution in [-0.2, 0) is 0 Å². The topological polar surface area (TPSA) is 80.7 Å². The second-order valence-corrected chi connectivity index (χ2v) is 10.8. The van der Waals surface area contributed by atoms with E-state index in [0.717, 1.165) is 55.6 Å². The summed E-state index contributed by atoms with van der Waals surface area (Å²) in [6.07, 6.45) is 4.00. The van der Waals surface area contributed by atoms with E-state index in [1.807, 2.05) is 24.3 Å². The van der Waals surface area contributed by atoms with E-state index < -0.39 is 5.82 Å². The van der Waals surface area contributed by atoms with Crippen LogP contribution in [0.15, 0.2) is 42.6 Å². The van der Waals surface area contributed by atoms with Crippen LogP contribution in [0.3, 0.4) is 0 Å². The molecule has 0 amide bonds. The summed E-state index contributed by atoms with van der Waals surface area (Å²) in [5.41, 5.74) is 1.01. The number of nitrogens with zero attached hydrogens (tertiary/aromatic N) is 6. The summed E-state index contributed by atoms with van der Waals surface area (Å²) in [5.74, 6) is 0.903. The van der Waals surface area contributed by atoms with Crippen LogP contribution in [-0.4, -0.2) is 83.4 Å². The summed E-state index contributed by atoms with van der Waals surface area (Å²) < 4.78 is 16.4. The highest BCUT2D eigenvalue weighted by Gasteiger charge is 2.36. The van der Waals surface area contributed by atoms with Crippen molar-refractivity contribution in [3.05, 3.63) is 48.4 Å². The molecular weight excluding hydrogens is 469 g/mol. The number of fused-ring (bicyclic) bond motifs is 4. The van der Waals surface area contributed by atoms with Gasteiger partial charge in [-0.2, -0.15) is 4.98 Å². The van der Waals surface area contributed by atoms with Gasteiger partial charge in [0.2, 0.25) is 5.95 Å². The average molecular weight is 500 g/mol. The minimum absolute atomic E-state index is 0.0747. The van der Waals surface area contributed by atoms with Crippen LogP contribution in [0.1, 0.15) is 12.8 Å². The minimum Gasteiger partial charge on any atom is -0.508 e. The maximum absolute atomic E-state index is 16.4. The first-order valence-corrected chi connectivity index (χ1v) is 13.0. The highest BCUT2D eigenvalue weighted by atomic mass is 19.1. The molecule has 2 aromatic carbocycles. The van der Waals surface area contributed by atoms with Crippen molar-refractivity contribution in [2.24, 2.45) is 0 Å². The lowest BCUT2D eigenvalue weighted by Gasteiger charge is -2.43. The van der Waals surface area contributed by atoms with Gasteiger partial charge >= 0.3 is 0 Å². The Hall–Kier alpha value is -3.56. The number of pyridine rings is 1. The molecule has 3 saturated heterocycles. The first-order chi connectivity index (χ1) is 17.9. The monoisotopic (exact) mass is 499 g/mol.